The maximum Gasteiger partial charge on any atom is 0.0767 e. The molecule has 0 saturated carbocycles. The van der Waals surface area contributed by atoms with Gasteiger partial charge in [0, 0.05) is 6.54 Å². The van der Waals surface area contributed by atoms with Crippen molar-refractivity contribution in [3.8, 4) is 0 Å². The lowest BCUT2D eigenvalue weighted by molar-refractivity contribution is 0.876. The van der Waals surface area contributed by atoms with Gasteiger partial charge in [-0.05, 0) is 19.1 Å². The third-order valence-electron chi connectivity index (χ3n) is 1.06. The molecule has 2 N–H and O–H groups in total. The Morgan fingerprint density at radius 1 is 1.44 bits per heavy atom. The normalized spacial score (nSPS) is 9.56. The molecule has 0 amide bonds. The quantitative estimate of drug-likeness (QED) is 0.582. The number of rotatable bonds is 1. The lowest BCUT2D eigenvalue weighted by Gasteiger charge is -1.92. The molecular weight excluding hydrogens is 114 g/mol. The van der Waals surface area contributed by atoms with Crippen LogP contribution in [-0.2, 0) is 6.54 Å². The van der Waals surface area contributed by atoms with E-state index < -0.39 is 0 Å². The van der Waals surface area contributed by atoms with Crippen LogP contribution in [0.2, 0.25) is 0 Å². The fraction of sp³-hybridized carbons (Fsp3) is 0.333. The lowest BCUT2D eigenvalue weighted by Crippen LogP contribution is -2.00. The molecule has 48 valence electrons. The first-order valence-electron chi connectivity index (χ1n) is 2.82. The maximum atomic E-state index is 5.30. The molecule has 3 nitrogen and oxygen atoms in total. The zero-order valence-corrected chi connectivity index (χ0v) is 5.33. The van der Waals surface area contributed by atoms with Crippen molar-refractivity contribution in [2.75, 3.05) is 0 Å². The van der Waals surface area contributed by atoms with E-state index in [0.29, 0.717) is 6.54 Å². The summed E-state index contributed by atoms with van der Waals surface area (Å²) in [5.41, 5.74) is 7.05. The average molecular weight is 123 g/mol. The molecule has 0 aliphatic carbocycles. The molecule has 0 aliphatic heterocycles. The fourth-order valence-electron chi connectivity index (χ4n) is 0.535. The van der Waals surface area contributed by atoms with Gasteiger partial charge in [-0.2, -0.15) is 10.2 Å². The molecular formula is C6H9N3. The molecule has 1 aromatic heterocycles. The van der Waals surface area contributed by atoms with Gasteiger partial charge in [0.25, 0.3) is 0 Å². The number of hydrogen-bond acceptors (Lipinski definition) is 3. The summed E-state index contributed by atoms with van der Waals surface area (Å²) in [5, 5.41) is 7.64. The van der Waals surface area contributed by atoms with Gasteiger partial charge >= 0.3 is 0 Å². The van der Waals surface area contributed by atoms with Crippen molar-refractivity contribution in [2.24, 2.45) is 5.73 Å². The van der Waals surface area contributed by atoms with Gasteiger partial charge in [-0.3, -0.25) is 0 Å². The van der Waals surface area contributed by atoms with Gasteiger partial charge in [0.05, 0.1) is 11.4 Å². The second kappa shape index (κ2) is 2.55. The zero-order valence-electron chi connectivity index (χ0n) is 5.33. The van der Waals surface area contributed by atoms with Crippen LogP contribution in [-0.4, -0.2) is 10.2 Å². The molecule has 3 heteroatoms. The molecule has 0 spiro atoms. The van der Waals surface area contributed by atoms with Crippen LogP contribution in [0.5, 0.6) is 0 Å². The number of aryl methyl sites for hydroxylation is 1. The topological polar surface area (TPSA) is 51.8 Å². The first-order valence-corrected chi connectivity index (χ1v) is 2.82. The SMILES string of the molecule is Cc1ccc(CN)nn1. The summed E-state index contributed by atoms with van der Waals surface area (Å²) in [7, 11) is 0. The highest BCUT2D eigenvalue weighted by Crippen LogP contribution is 1.91. The van der Waals surface area contributed by atoms with Crippen molar-refractivity contribution in [2.45, 2.75) is 13.5 Å². The van der Waals surface area contributed by atoms with Crippen LogP contribution in [0.1, 0.15) is 11.4 Å². The monoisotopic (exact) mass is 123 g/mol. The Balaban J connectivity index is 2.88. The Kier molecular flexibility index (Phi) is 1.75. The van der Waals surface area contributed by atoms with Gasteiger partial charge in [0.2, 0.25) is 0 Å². The summed E-state index contributed by atoms with van der Waals surface area (Å²) >= 11 is 0. The van der Waals surface area contributed by atoms with E-state index in [-0.39, 0.29) is 0 Å². The first kappa shape index (κ1) is 6.16. The minimum atomic E-state index is 0.466. The third-order valence-corrected chi connectivity index (χ3v) is 1.06. The number of nitrogens with two attached hydrogens (primary N) is 1. The van der Waals surface area contributed by atoms with E-state index in [4.69, 9.17) is 5.73 Å². The summed E-state index contributed by atoms with van der Waals surface area (Å²) < 4.78 is 0. The molecule has 0 bridgehead atoms. The number of hydrogen-bond donors (Lipinski definition) is 1. The van der Waals surface area contributed by atoms with Gasteiger partial charge in [-0.15, -0.1) is 0 Å². The molecule has 1 rings (SSSR count). The largest absolute Gasteiger partial charge is 0.325 e. The minimum Gasteiger partial charge on any atom is -0.325 e. The predicted molar refractivity (Wildman–Crippen MR) is 34.7 cm³/mol. The summed E-state index contributed by atoms with van der Waals surface area (Å²) in [5.74, 6) is 0. The zero-order chi connectivity index (χ0) is 6.69. The van der Waals surface area contributed by atoms with Crippen LogP contribution >= 0.6 is 0 Å². The minimum absolute atomic E-state index is 0.466. The first-order chi connectivity index (χ1) is 4.33. The molecule has 0 aromatic carbocycles. The molecule has 0 atom stereocenters. The Morgan fingerprint density at radius 2 is 2.22 bits per heavy atom. The van der Waals surface area contributed by atoms with Crippen molar-refractivity contribution >= 4 is 0 Å². The van der Waals surface area contributed by atoms with E-state index >= 15 is 0 Å². The van der Waals surface area contributed by atoms with E-state index in [0.717, 1.165) is 11.4 Å². The van der Waals surface area contributed by atoms with Crippen LogP contribution < -0.4 is 5.73 Å². The van der Waals surface area contributed by atoms with Crippen molar-refractivity contribution in [3.63, 3.8) is 0 Å². The lowest BCUT2D eigenvalue weighted by atomic mass is 10.3. The summed E-state index contributed by atoms with van der Waals surface area (Å²) in [6, 6.07) is 3.78. The second-order valence-electron chi connectivity index (χ2n) is 1.87. The van der Waals surface area contributed by atoms with Crippen LogP contribution in [0.15, 0.2) is 12.1 Å². The van der Waals surface area contributed by atoms with Gasteiger partial charge in [-0.25, -0.2) is 0 Å². The molecule has 0 aliphatic rings. The number of nitrogens with zero attached hydrogens (tertiary/aromatic N) is 2. The molecule has 0 unspecified atom stereocenters. The molecule has 1 heterocycles. The molecule has 0 radical (unpaired) electrons. The van der Waals surface area contributed by atoms with Gasteiger partial charge in [0.15, 0.2) is 0 Å². The van der Waals surface area contributed by atoms with E-state index in [9.17, 15) is 0 Å². The standard InChI is InChI=1S/C6H9N3/c1-5-2-3-6(4-7)9-8-5/h2-3H,4,7H2,1H3. The Morgan fingerprint density at radius 3 is 2.67 bits per heavy atom. The van der Waals surface area contributed by atoms with Crippen LogP contribution in [0.4, 0.5) is 0 Å². The maximum absolute atomic E-state index is 5.30. The highest BCUT2D eigenvalue weighted by atomic mass is 15.1. The molecule has 9 heavy (non-hydrogen) atoms. The van der Waals surface area contributed by atoms with Gasteiger partial charge < -0.3 is 5.73 Å². The van der Waals surface area contributed by atoms with E-state index in [1.807, 2.05) is 19.1 Å². The molecule has 0 saturated heterocycles. The van der Waals surface area contributed by atoms with E-state index in [1.54, 1.807) is 0 Å². The average Bonchev–Trinajstić information content (AvgIpc) is 1.90. The Labute approximate surface area is 53.9 Å². The van der Waals surface area contributed by atoms with Gasteiger partial charge in [-0.1, -0.05) is 0 Å². The van der Waals surface area contributed by atoms with Crippen LogP contribution in [0, 0.1) is 6.92 Å². The smallest absolute Gasteiger partial charge is 0.0767 e. The summed E-state index contributed by atoms with van der Waals surface area (Å²) in [4.78, 5) is 0. The Bertz CT molecular complexity index is 180. The highest BCUT2D eigenvalue weighted by Gasteiger charge is 1.88. The van der Waals surface area contributed by atoms with Crippen LogP contribution in [0.25, 0.3) is 0 Å². The Hall–Kier alpha value is -0.960. The van der Waals surface area contributed by atoms with Crippen molar-refractivity contribution < 1.29 is 0 Å². The molecule has 0 fully saturated rings. The van der Waals surface area contributed by atoms with Crippen LogP contribution in [0.3, 0.4) is 0 Å². The predicted octanol–water partition coefficient (Wildman–Crippen LogP) is 0.244. The fourth-order valence-corrected chi connectivity index (χ4v) is 0.535. The molecule has 1 aromatic rings. The van der Waals surface area contributed by atoms with Crippen molar-refractivity contribution in [1.29, 1.82) is 0 Å². The van der Waals surface area contributed by atoms with E-state index in [2.05, 4.69) is 10.2 Å². The van der Waals surface area contributed by atoms with Crippen molar-refractivity contribution in [1.82, 2.24) is 10.2 Å². The van der Waals surface area contributed by atoms with Gasteiger partial charge in [0.1, 0.15) is 0 Å². The van der Waals surface area contributed by atoms with Crippen molar-refractivity contribution in [3.05, 3.63) is 23.5 Å². The summed E-state index contributed by atoms with van der Waals surface area (Å²) in [6.45, 7) is 2.36. The summed E-state index contributed by atoms with van der Waals surface area (Å²) in [6.07, 6.45) is 0. The second-order valence-corrected chi connectivity index (χ2v) is 1.87. The number of aromatic nitrogens is 2. The van der Waals surface area contributed by atoms with E-state index in [1.165, 1.54) is 0 Å². The highest BCUT2D eigenvalue weighted by molar-refractivity contribution is 5.04. The third kappa shape index (κ3) is 1.47.